The van der Waals surface area contributed by atoms with Crippen molar-refractivity contribution in [2.45, 2.75) is 25.4 Å². The van der Waals surface area contributed by atoms with Crippen LogP contribution in [0.1, 0.15) is 30.0 Å². The molecular formula is C15H15BrN2O2. The molecule has 104 valence electrons. The van der Waals surface area contributed by atoms with Gasteiger partial charge in [0.2, 0.25) is 0 Å². The molecule has 5 heteroatoms. The minimum atomic E-state index is -0.182. The van der Waals surface area contributed by atoms with Gasteiger partial charge in [-0.25, -0.2) is 4.98 Å². The molecule has 20 heavy (non-hydrogen) atoms. The van der Waals surface area contributed by atoms with Crippen molar-refractivity contribution in [2.24, 2.45) is 0 Å². The van der Waals surface area contributed by atoms with Crippen molar-refractivity contribution in [3.05, 3.63) is 50.3 Å². The minimum absolute atomic E-state index is 0.182. The SMILES string of the molecule is COCc1nc(-c2cccc(C3CC3)c2)[nH]c(=O)c1Br. The van der Waals surface area contributed by atoms with Crippen molar-refractivity contribution < 1.29 is 4.74 Å². The number of hydrogen-bond acceptors (Lipinski definition) is 3. The molecule has 0 saturated heterocycles. The summed E-state index contributed by atoms with van der Waals surface area (Å²) in [6, 6.07) is 8.23. The van der Waals surface area contributed by atoms with Crippen LogP contribution in [0.4, 0.5) is 0 Å². The number of aromatic nitrogens is 2. The normalized spacial score (nSPS) is 14.5. The van der Waals surface area contributed by atoms with Crippen molar-refractivity contribution in [3.63, 3.8) is 0 Å². The third-order valence-corrected chi connectivity index (χ3v) is 4.24. The highest BCUT2D eigenvalue weighted by atomic mass is 79.9. The molecule has 1 aromatic carbocycles. The van der Waals surface area contributed by atoms with E-state index in [0.29, 0.717) is 28.5 Å². The quantitative estimate of drug-likeness (QED) is 0.933. The van der Waals surface area contributed by atoms with Crippen molar-refractivity contribution in [2.75, 3.05) is 7.11 Å². The van der Waals surface area contributed by atoms with E-state index in [9.17, 15) is 4.79 Å². The maximum absolute atomic E-state index is 11.9. The zero-order chi connectivity index (χ0) is 14.1. The lowest BCUT2D eigenvalue weighted by Gasteiger charge is -2.07. The summed E-state index contributed by atoms with van der Waals surface area (Å²) in [5.41, 5.74) is 2.69. The average molecular weight is 335 g/mol. The van der Waals surface area contributed by atoms with Crippen LogP contribution in [-0.2, 0) is 11.3 Å². The van der Waals surface area contributed by atoms with Gasteiger partial charge in [-0.1, -0.05) is 18.2 Å². The Morgan fingerprint density at radius 1 is 1.45 bits per heavy atom. The molecule has 1 aromatic heterocycles. The lowest BCUT2D eigenvalue weighted by molar-refractivity contribution is 0.180. The summed E-state index contributed by atoms with van der Waals surface area (Å²) >= 11 is 3.25. The molecule has 1 saturated carbocycles. The highest BCUT2D eigenvalue weighted by Gasteiger charge is 2.23. The first-order chi connectivity index (χ1) is 9.69. The smallest absolute Gasteiger partial charge is 0.265 e. The Hall–Kier alpha value is -1.46. The lowest BCUT2D eigenvalue weighted by atomic mass is 10.1. The predicted octanol–water partition coefficient (Wildman–Crippen LogP) is 3.22. The summed E-state index contributed by atoms with van der Waals surface area (Å²) in [7, 11) is 1.59. The lowest BCUT2D eigenvalue weighted by Crippen LogP contribution is -2.14. The van der Waals surface area contributed by atoms with Gasteiger partial charge in [-0.3, -0.25) is 4.79 Å². The summed E-state index contributed by atoms with van der Waals surface area (Å²) in [5, 5.41) is 0. The van der Waals surface area contributed by atoms with E-state index in [4.69, 9.17) is 4.74 Å². The fourth-order valence-corrected chi connectivity index (χ4v) is 2.53. The Kier molecular flexibility index (Phi) is 3.72. The van der Waals surface area contributed by atoms with E-state index in [1.54, 1.807) is 7.11 Å². The van der Waals surface area contributed by atoms with Crippen LogP contribution < -0.4 is 5.56 Å². The first kappa shape index (κ1) is 13.5. The van der Waals surface area contributed by atoms with Gasteiger partial charge in [-0.15, -0.1) is 0 Å². The number of hydrogen-bond donors (Lipinski definition) is 1. The molecule has 4 nitrogen and oxygen atoms in total. The van der Waals surface area contributed by atoms with Crippen molar-refractivity contribution in [1.29, 1.82) is 0 Å². The van der Waals surface area contributed by atoms with Gasteiger partial charge < -0.3 is 9.72 Å². The number of rotatable bonds is 4. The second-order valence-corrected chi connectivity index (χ2v) is 5.80. The first-order valence-electron chi connectivity index (χ1n) is 6.57. The Labute approximate surface area is 125 Å². The molecule has 1 N–H and O–H groups in total. The third kappa shape index (κ3) is 2.69. The number of nitrogens with one attached hydrogen (secondary N) is 1. The van der Waals surface area contributed by atoms with Crippen molar-refractivity contribution in [3.8, 4) is 11.4 Å². The van der Waals surface area contributed by atoms with Gasteiger partial charge in [-0.05, 0) is 46.3 Å². The molecule has 0 aliphatic heterocycles. The maximum atomic E-state index is 11.9. The summed E-state index contributed by atoms with van der Waals surface area (Å²) in [6.07, 6.45) is 2.51. The molecule has 0 spiro atoms. The third-order valence-electron chi connectivity index (χ3n) is 3.42. The van der Waals surface area contributed by atoms with Crippen molar-refractivity contribution in [1.82, 2.24) is 9.97 Å². The minimum Gasteiger partial charge on any atom is -0.378 e. The number of halogens is 1. The molecular weight excluding hydrogens is 320 g/mol. The Bertz CT molecular complexity index is 693. The van der Waals surface area contributed by atoms with Crippen LogP contribution in [0.5, 0.6) is 0 Å². The van der Waals surface area contributed by atoms with Crippen LogP contribution in [0.25, 0.3) is 11.4 Å². The number of benzene rings is 1. The number of H-pyrrole nitrogens is 1. The Morgan fingerprint density at radius 3 is 2.95 bits per heavy atom. The van der Waals surface area contributed by atoms with Gasteiger partial charge in [0.25, 0.3) is 5.56 Å². The standard InChI is InChI=1S/C15H15BrN2O2/c1-20-8-12-13(16)15(19)18-14(17-12)11-4-2-3-10(7-11)9-5-6-9/h2-4,7,9H,5-6,8H2,1H3,(H,17,18,19). The number of aromatic amines is 1. The fourth-order valence-electron chi connectivity index (χ4n) is 2.23. The molecule has 0 atom stereocenters. The monoisotopic (exact) mass is 334 g/mol. The van der Waals surface area contributed by atoms with Crippen LogP contribution in [0.15, 0.2) is 33.5 Å². The van der Waals surface area contributed by atoms with E-state index >= 15 is 0 Å². The molecule has 3 rings (SSSR count). The summed E-state index contributed by atoms with van der Waals surface area (Å²) in [5.74, 6) is 1.27. The van der Waals surface area contributed by atoms with Gasteiger partial charge in [0.1, 0.15) is 10.3 Å². The topological polar surface area (TPSA) is 55.0 Å². The predicted molar refractivity (Wildman–Crippen MR) is 80.7 cm³/mol. The van der Waals surface area contributed by atoms with E-state index in [0.717, 1.165) is 5.56 Å². The Morgan fingerprint density at radius 2 is 2.25 bits per heavy atom. The fraction of sp³-hybridized carbons (Fsp3) is 0.333. The zero-order valence-corrected chi connectivity index (χ0v) is 12.7. The average Bonchev–Trinajstić information content (AvgIpc) is 3.28. The highest BCUT2D eigenvalue weighted by Crippen LogP contribution is 2.40. The van der Waals surface area contributed by atoms with E-state index in [-0.39, 0.29) is 5.56 Å². The van der Waals surface area contributed by atoms with Gasteiger partial charge in [0.05, 0.1) is 12.3 Å². The molecule has 1 fully saturated rings. The molecule has 1 aliphatic rings. The van der Waals surface area contributed by atoms with E-state index in [1.807, 2.05) is 12.1 Å². The van der Waals surface area contributed by atoms with E-state index < -0.39 is 0 Å². The highest BCUT2D eigenvalue weighted by molar-refractivity contribution is 9.10. The van der Waals surface area contributed by atoms with Crippen molar-refractivity contribution >= 4 is 15.9 Å². The number of ether oxygens (including phenoxy) is 1. The summed E-state index contributed by atoms with van der Waals surface area (Å²) in [6.45, 7) is 0.305. The van der Waals surface area contributed by atoms with Crippen LogP contribution in [0.2, 0.25) is 0 Å². The van der Waals surface area contributed by atoms with Gasteiger partial charge in [-0.2, -0.15) is 0 Å². The van der Waals surface area contributed by atoms with Crippen LogP contribution in [0, 0.1) is 0 Å². The van der Waals surface area contributed by atoms with E-state index in [1.165, 1.54) is 18.4 Å². The molecule has 0 bridgehead atoms. The number of nitrogens with zero attached hydrogens (tertiary/aromatic N) is 1. The van der Waals surface area contributed by atoms with Crippen LogP contribution in [-0.4, -0.2) is 17.1 Å². The summed E-state index contributed by atoms with van der Waals surface area (Å²) in [4.78, 5) is 19.2. The second-order valence-electron chi connectivity index (χ2n) is 5.01. The van der Waals surface area contributed by atoms with Gasteiger partial charge in [0.15, 0.2) is 0 Å². The van der Waals surface area contributed by atoms with Gasteiger partial charge in [0, 0.05) is 12.7 Å². The summed E-state index contributed by atoms with van der Waals surface area (Å²) < 4.78 is 5.51. The number of methoxy groups -OCH3 is 1. The molecule has 0 unspecified atom stereocenters. The van der Waals surface area contributed by atoms with Crippen LogP contribution >= 0.6 is 15.9 Å². The zero-order valence-electron chi connectivity index (χ0n) is 11.1. The second kappa shape index (κ2) is 5.50. The van der Waals surface area contributed by atoms with Gasteiger partial charge >= 0.3 is 0 Å². The molecule has 1 heterocycles. The maximum Gasteiger partial charge on any atom is 0.265 e. The molecule has 0 amide bonds. The van der Waals surface area contributed by atoms with E-state index in [2.05, 4.69) is 38.0 Å². The Balaban J connectivity index is 2.05. The molecule has 0 radical (unpaired) electrons. The largest absolute Gasteiger partial charge is 0.378 e. The first-order valence-corrected chi connectivity index (χ1v) is 7.36. The van der Waals surface area contributed by atoms with Crippen LogP contribution in [0.3, 0.4) is 0 Å². The molecule has 1 aliphatic carbocycles. The molecule has 2 aromatic rings.